The predicted octanol–water partition coefficient (Wildman–Crippen LogP) is 10.4. The average Bonchev–Trinajstić information content (AvgIpc) is 3.02. The Morgan fingerprint density at radius 2 is 1.10 bits per heavy atom. The summed E-state index contributed by atoms with van der Waals surface area (Å²) in [6.45, 7) is 4.75. The number of phosphoric acid groups is 1. The molecule has 8 nitrogen and oxygen atoms in total. The molecule has 1 amide bonds. The number of phosphoric ester groups is 1. The molecule has 0 aromatic carbocycles. The topological polar surface area (TPSA) is 105 Å². The van der Waals surface area contributed by atoms with Crippen LogP contribution in [0.1, 0.15) is 181 Å². The summed E-state index contributed by atoms with van der Waals surface area (Å²) in [7, 11) is 1.57. The normalized spacial score (nSPS) is 14.7. The van der Waals surface area contributed by atoms with Crippen molar-refractivity contribution in [2.24, 2.45) is 0 Å². The van der Waals surface area contributed by atoms with Crippen molar-refractivity contribution in [3.63, 3.8) is 0 Å². The van der Waals surface area contributed by atoms with Gasteiger partial charge in [-0.05, 0) is 19.3 Å². The molecule has 0 saturated carbocycles. The molecule has 0 fully saturated rings. The summed E-state index contributed by atoms with van der Waals surface area (Å²) in [5.41, 5.74) is 0. The molecular formula is C39H80N2O6P+. The quantitative estimate of drug-likeness (QED) is 0.0260. The van der Waals surface area contributed by atoms with E-state index >= 15 is 0 Å². The molecule has 0 aliphatic rings. The number of hydrogen-bond donors (Lipinski definition) is 3. The minimum absolute atomic E-state index is 0.0637. The summed E-state index contributed by atoms with van der Waals surface area (Å²) >= 11 is 0. The lowest BCUT2D eigenvalue weighted by atomic mass is 10.0. The van der Waals surface area contributed by atoms with Crippen molar-refractivity contribution in [2.45, 2.75) is 193 Å². The van der Waals surface area contributed by atoms with Crippen LogP contribution >= 0.6 is 7.82 Å². The summed E-state index contributed by atoms with van der Waals surface area (Å²) in [5.74, 6) is -0.186. The fraction of sp³-hybridized carbons (Fsp3) is 0.923. The lowest BCUT2D eigenvalue weighted by Gasteiger charge is -2.25. The second kappa shape index (κ2) is 32.2. The van der Waals surface area contributed by atoms with E-state index in [0.29, 0.717) is 17.4 Å². The molecule has 3 unspecified atom stereocenters. The zero-order valence-electron chi connectivity index (χ0n) is 32.2. The molecule has 0 heterocycles. The maximum absolute atomic E-state index is 12.6. The number of rotatable bonds is 36. The van der Waals surface area contributed by atoms with Crippen molar-refractivity contribution in [2.75, 3.05) is 40.9 Å². The third kappa shape index (κ3) is 33.7. The molecule has 0 radical (unpaired) electrons. The summed E-state index contributed by atoms with van der Waals surface area (Å²) < 4.78 is 23.4. The van der Waals surface area contributed by atoms with Crippen molar-refractivity contribution in [3.05, 3.63) is 12.2 Å². The van der Waals surface area contributed by atoms with Crippen LogP contribution in [0.25, 0.3) is 0 Å². The number of nitrogens with zero attached hydrogens (tertiary/aromatic N) is 1. The van der Waals surface area contributed by atoms with Gasteiger partial charge in [0, 0.05) is 6.42 Å². The molecule has 3 N–H and O–H groups in total. The molecule has 0 saturated heterocycles. The Hall–Kier alpha value is -0.760. The summed E-state index contributed by atoms with van der Waals surface area (Å²) in [5, 5.41) is 13.7. The van der Waals surface area contributed by atoms with E-state index < -0.39 is 20.0 Å². The molecule has 0 aromatic rings. The van der Waals surface area contributed by atoms with Crippen LogP contribution in [-0.2, 0) is 18.4 Å². The maximum atomic E-state index is 12.6. The fourth-order valence-electron chi connectivity index (χ4n) is 5.75. The standard InChI is InChI=1S/C39H79N2O6P/c1-6-8-10-12-14-15-16-17-18-19-20-21-22-23-24-25-26-27-28-30-32-38(42)37(40-39(43)33-31-29-13-11-9-7-2)36-47-48(44,45)46-35-34-41(3,4)5/h30,32,37-38,42H,6-29,31,33-36H2,1-5H3,(H-,40,43,44,45)/p+1/b32-30+. The number of allylic oxidation sites excluding steroid dienone is 1. The number of aliphatic hydroxyl groups excluding tert-OH is 1. The van der Waals surface area contributed by atoms with E-state index in [1.54, 1.807) is 6.08 Å². The molecule has 48 heavy (non-hydrogen) atoms. The zero-order valence-corrected chi connectivity index (χ0v) is 33.1. The minimum Gasteiger partial charge on any atom is -0.387 e. The van der Waals surface area contributed by atoms with Gasteiger partial charge in [0.15, 0.2) is 0 Å². The first-order chi connectivity index (χ1) is 23.0. The van der Waals surface area contributed by atoms with Crippen LogP contribution in [0.2, 0.25) is 0 Å². The lowest BCUT2D eigenvalue weighted by Crippen LogP contribution is -2.45. The van der Waals surface area contributed by atoms with Crippen LogP contribution in [0.15, 0.2) is 12.2 Å². The van der Waals surface area contributed by atoms with Crippen LogP contribution in [0.3, 0.4) is 0 Å². The highest BCUT2D eigenvalue weighted by Crippen LogP contribution is 2.43. The molecule has 0 bridgehead atoms. The number of amides is 1. The molecule has 0 spiro atoms. The number of carbonyl (C=O) groups excluding carboxylic acids is 1. The van der Waals surface area contributed by atoms with Crippen molar-refractivity contribution in [1.29, 1.82) is 0 Å². The Kier molecular flexibility index (Phi) is 31.7. The van der Waals surface area contributed by atoms with E-state index in [1.165, 1.54) is 128 Å². The van der Waals surface area contributed by atoms with Crippen molar-refractivity contribution >= 4 is 13.7 Å². The number of hydrogen-bond acceptors (Lipinski definition) is 5. The third-order valence-corrected chi connectivity index (χ3v) is 9.99. The second-order valence-corrected chi connectivity index (χ2v) is 16.5. The molecule has 9 heteroatoms. The van der Waals surface area contributed by atoms with Gasteiger partial charge in [-0.1, -0.05) is 167 Å². The Labute approximate surface area is 297 Å². The van der Waals surface area contributed by atoms with Gasteiger partial charge < -0.3 is 19.8 Å². The first-order valence-electron chi connectivity index (χ1n) is 20.1. The highest BCUT2D eigenvalue weighted by molar-refractivity contribution is 7.47. The number of unbranched alkanes of at least 4 members (excludes halogenated alkanes) is 23. The highest BCUT2D eigenvalue weighted by Gasteiger charge is 2.27. The Balaban J connectivity index is 4.27. The molecule has 0 aliphatic carbocycles. The summed E-state index contributed by atoms with van der Waals surface area (Å²) in [6, 6.07) is -0.836. The highest BCUT2D eigenvalue weighted by atomic mass is 31.2. The minimum atomic E-state index is -4.32. The van der Waals surface area contributed by atoms with E-state index in [0.717, 1.165) is 32.1 Å². The van der Waals surface area contributed by atoms with E-state index in [-0.39, 0.29) is 19.1 Å². The maximum Gasteiger partial charge on any atom is 0.472 e. The van der Waals surface area contributed by atoms with Gasteiger partial charge >= 0.3 is 7.82 Å². The van der Waals surface area contributed by atoms with Gasteiger partial charge in [0.05, 0.1) is 39.9 Å². The van der Waals surface area contributed by atoms with Gasteiger partial charge in [0.25, 0.3) is 0 Å². The summed E-state index contributed by atoms with van der Waals surface area (Å²) in [4.78, 5) is 22.8. The first kappa shape index (κ1) is 47.2. The van der Waals surface area contributed by atoms with Gasteiger partial charge in [0.1, 0.15) is 13.2 Å². The molecule has 0 aliphatic heterocycles. The average molecular weight is 704 g/mol. The number of aliphatic hydroxyl groups is 1. The number of nitrogens with one attached hydrogen (secondary N) is 1. The van der Waals surface area contributed by atoms with Crippen LogP contribution in [0.4, 0.5) is 0 Å². The van der Waals surface area contributed by atoms with E-state index in [1.807, 2.05) is 27.2 Å². The molecular weight excluding hydrogens is 623 g/mol. The van der Waals surface area contributed by atoms with Crippen molar-refractivity contribution < 1.29 is 32.9 Å². The van der Waals surface area contributed by atoms with Gasteiger partial charge in [-0.25, -0.2) is 4.57 Å². The monoisotopic (exact) mass is 704 g/mol. The Bertz CT molecular complexity index is 804. The van der Waals surface area contributed by atoms with E-state index in [2.05, 4.69) is 19.2 Å². The van der Waals surface area contributed by atoms with Crippen LogP contribution in [0.5, 0.6) is 0 Å². The predicted molar refractivity (Wildman–Crippen MR) is 203 cm³/mol. The van der Waals surface area contributed by atoms with Crippen LogP contribution in [-0.4, -0.2) is 73.4 Å². The third-order valence-electron chi connectivity index (χ3n) is 9.01. The SMILES string of the molecule is CCCCCCCCCCCCCCCCCCCC/C=C/C(O)C(COP(=O)(O)OCC[N+](C)(C)C)NC(=O)CCCCCCCC. The van der Waals surface area contributed by atoms with Crippen LogP contribution in [0, 0.1) is 0 Å². The zero-order chi connectivity index (χ0) is 35.8. The van der Waals surface area contributed by atoms with E-state index in [4.69, 9.17) is 9.05 Å². The molecule has 0 aromatic heterocycles. The smallest absolute Gasteiger partial charge is 0.387 e. The second-order valence-electron chi connectivity index (χ2n) is 15.0. The number of likely N-dealkylation sites (N-methyl/N-ethyl adjacent to an activating group) is 1. The van der Waals surface area contributed by atoms with Gasteiger partial charge in [-0.15, -0.1) is 0 Å². The molecule has 3 atom stereocenters. The van der Waals surface area contributed by atoms with E-state index in [9.17, 15) is 19.4 Å². The molecule has 286 valence electrons. The van der Waals surface area contributed by atoms with Crippen molar-refractivity contribution in [1.82, 2.24) is 5.32 Å². The van der Waals surface area contributed by atoms with Gasteiger partial charge in [0.2, 0.25) is 5.91 Å². The van der Waals surface area contributed by atoms with Crippen molar-refractivity contribution in [3.8, 4) is 0 Å². The number of carbonyl (C=O) groups is 1. The molecule has 0 rings (SSSR count). The van der Waals surface area contributed by atoms with Gasteiger partial charge in [-0.3, -0.25) is 13.8 Å². The Morgan fingerprint density at radius 3 is 1.54 bits per heavy atom. The summed E-state index contributed by atoms with van der Waals surface area (Å²) in [6.07, 6.45) is 34.5. The number of quaternary nitrogens is 1. The van der Waals surface area contributed by atoms with Gasteiger partial charge in [-0.2, -0.15) is 0 Å². The van der Waals surface area contributed by atoms with Crippen LogP contribution < -0.4 is 5.32 Å². The Morgan fingerprint density at radius 1 is 0.688 bits per heavy atom. The lowest BCUT2D eigenvalue weighted by molar-refractivity contribution is -0.870. The first-order valence-corrected chi connectivity index (χ1v) is 21.6. The fourth-order valence-corrected chi connectivity index (χ4v) is 6.48. The largest absolute Gasteiger partial charge is 0.472 e.